The number of methoxy groups -OCH3 is 2. The molecule has 2 amide bonds. The average molecular weight is 1310 g/mol. The van der Waals surface area contributed by atoms with Gasteiger partial charge in [-0.15, -0.1) is 0 Å². The molecule has 2 aromatic heterocycles. The number of amides is 2. The van der Waals surface area contributed by atoms with E-state index in [-0.39, 0.29) is 46.2 Å². The van der Waals surface area contributed by atoms with E-state index in [1.54, 1.807) is 72.8 Å². The normalized spacial score (nSPS) is 24.7. The van der Waals surface area contributed by atoms with Gasteiger partial charge in [-0.3, -0.25) is 32.3 Å². The van der Waals surface area contributed by atoms with E-state index >= 15 is 0 Å². The van der Waals surface area contributed by atoms with Crippen molar-refractivity contribution in [3.05, 3.63) is 164 Å². The minimum atomic E-state index is -4.57. The number of carbonyl (C=O) groups is 2. The molecule has 10 rings (SSSR count). The Bertz CT molecular complexity index is 3650. The van der Waals surface area contributed by atoms with Crippen LogP contribution >= 0.6 is 39.1 Å². The maximum atomic E-state index is 14.0. The third-order valence-electron chi connectivity index (χ3n) is 14.0. The van der Waals surface area contributed by atoms with Crippen LogP contribution in [0, 0.1) is 11.3 Å². The zero-order valence-electron chi connectivity index (χ0n) is 47.4. The number of para-hydroxylation sites is 2. The van der Waals surface area contributed by atoms with Crippen LogP contribution in [-0.4, -0.2) is 142 Å². The van der Waals surface area contributed by atoms with Crippen molar-refractivity contribution in [3.63, 3.8) is 0 Å². The molecule has 12 atom stereocenters. The number of nitrogens with one attached hydrogen (secondary N) is 2. The number of halogens is 2. The van der Waals surface area contributed by atoms with Crippen molar-refractivity contribution in [2.45, 2.75) is 93.0 Å². The Kier molecular flexibility index (Phi) is 22.8. The molecule has 5 N–H and O–H groups in total. The summed E-state index contributed by atoms with van der Waals surface area (Å²) in [6.45, 7) is -0.912. The van der Waals surface area contributed by atoms with Crippen LogP contribution in [0.2, 0.25) is 10.0 Å². The number of hydrogen-bond acceptors (Lipinski definition) is 24. The summed E-state index contributed by atoms with van der Waals surface area (Å²) in [6.07, 6.45) is -6.08. The number of hydrogen-bond donors (Lipinski definition) is 5. The summed E-state index contributed by atoms with van der Waals surface area (Å²) in [5.74, 6) is 0.0794. The summed E-state index contributed by atoms with van der Waals surface area (Å²) in [6, 6.07) is 29.8. The number of aliphatic hydroxyl groups excluding tert-OH is 2. The molecule has 6 heterocycles. The topological polar surface area (TPSA) is 357 Å². The van der Waals surface area contributed by atoms with E-state index in [4.69, 9.17) is 84.5 Å². The van der Waals surface area contributed by atoms with E-state index in [1.807, 2.05) is 6.07 Å². The Hall–Kier alpha value is -7.13. The maximum absolute atomic E-state index is 14.0. The largest absolute Gasteiger partial charge is 0.530 e. The van der Waals surface area contributed by atoms with Crippen molar-refractivity contribution in [1.29, 1.82) is 5.26 Å². The monoisotopic (exact) mass is 1310 g/mol. The van der Waals surface area contributed by atoms with Crippen LogP contribution in [0.15, 0.2) is 131 Å². The highest BCUT2D eigenvalue weighted by atomic mass is 35.5. The van der Waals surface area contributed by atoms with Crippen molar-refractivity contribution >= 4 is 62.5 Å². The molecule has 0 spiro atoms. The van der Waals surface area contributed by atoms with Crippen LogP contribution in [0.1, 0.15) is 65.3 Å². The zero-order chi connectivity index (χ0) is 63.2. The molecule has 4 aromatic carbocycles. The van der Waals surface area contributed by atoms with Crippen molar-refractivity contribution in [1.82, 2.24) is 19.1 Å². The molecule has 4 aliphatic heterocycles. The molecule has 4 aliphatic rings. The third-order valence-corrected chi connectivity index (χ3v) is 17.7. The number of rotatable bonds is 24. The van der Waals surface area contributed by atoms with E-state index in [9.17, 15) is 43.6 Å². The lowest BCUT2D eigenvalue weighted by Gasteiger charge is -2.33. The fraction of sp³-hybridized carbons (Fsp3) is 0.386. The zero-order valence-corrected chi connectivity index (χ0v) is 50.8. The fourth-order valence-corrected chi connectivity index (χ4v) is 12.8. The number of aromatic nitrogens is 4. The van der Waals surface area contributed by atoms with E-state index in [0.29, 0.717) is 61.5 Å². The first-order valence-corrected chi connectivity index (χ1v) is 31.1. The van der Waals surface area contributed by atoms with Gasteiger partial charge < -0.3 is 72.9 Å². The third kappa shape index (κ3) is 16.1. The number of phosphoric acid groups is 1. The summed E-state index contributed by atoms with van der Waals surface area (Å²) < 4.78 is 97.9. The van der Waals surface area contributed by atoms with Gasteiger partial charge in [0.2, 0.25) is 5.34 Å². The van der Waals surface area contributed by atoms with Crippen LogP contribution in [-0.2, 0) is 46.6 Å². The standard InChI is InChI=1S/C30H32ClN4O11P.C27H29ClN3O10P/c1-40-20-11-9-19(10-12-20)28(37)33-24-13-15-35(30(38)34-24)29-27(44-25-8-4-16-41-25)26(23(18-36)43-29)46-47(39,42-17-5-14-32)45-22-7-3-2-6-21(22)31;1-37-17-10-8-16(9-11-17)24(33)29-21-12-13-31(26(34)30-21)25-23(40-22-7-4-14-38-22)27(35,20(15-32)39-25)42(36)41-19-6-3-2-5-18(19)28/h2-3,6-7,9-13,15,23,25-27,29,36H,4-5,8,16-18H2,1H3,(H,33,34,37,38);2-3,5-6,8-13,20,22-23,25,32,35,42H,4,7,14-15H2,1H3,(H,29,30,33,34)/t23-,25?,26-,27-,29-,47?;20-,22?,23+,25-,27+/m11/s1. The molecule has 0 aliphatic carbocycles. The lowest BCUT2D eigenvalue weighted by molar-refractivity contribution is -0.188. The second kappa shape index (κ2) is 30.6. The smallest absolute Gasteiger partial charge is 0.497 e. The van der Waals surface area contributed by atoms with Gasteiger partial charge in [0.15, 0.2) is 25.0 Å². The second-order valence-electron chi connectivity index (χ2n) is 19.8. The van der Waals surface area contributed by atoms with E-state index in [2.05, 4.69) is 20.6 Å². The van der Waals surface area contributed by atoms with Gasteiger partial charge in [-0.25, -0.2) is 14.2 Å². The number of benzene rings is 4. The maximum Gasteiger partial charge on any atom is 0.530 e. The van der Waals surface area contributed by atoms with Gasteiger partial charge in [0, 0.05) is 49.6 Å². The van der Waals surface area contributed by atoms with Gasteiger partial charge in [-0.2, -0.15) is 15.2 Å². The summed E-state index contributed by atoms with van der Waals surface area (Å²) in [4.78, 5) is 59.8. The lowest BCUT2D eigenvalue weighted by Crippen LogP contribution is -2.49. The van der Waals surface area contributed by atoms with E-state index in [0.717, 1.165) is 9.13 Å². The van der Waals surface area contributed by atoms with Crippen molar-refractivity contribution in [3.8, 4) is 29.1 Å². The van der Waals surface area contributed by atoms with Crippen LogP contribution in [0.4, 0.5) is 11.6 Å². The Morgan fingerprint density at radius 1 is 0.742 bits per heavy atom. The molecular weight excluding hydrogens is 1250 g/mol. The van der Waals surface area contributed by atoms with Gasteiger partial charge in [-0.05, 0) is 97.8 Å². The predicted molar refractivity (Wildman–Crippen MR) is 315 cm³/mol. The first kappa shape index (κ1) is 66.3. The lowest BCUT2D eigenvalue weighted by atomic mass is 10.1. The van der Waals surface area contributed by atoms with E-state index in [1.165, 1.54) is 63.0 Å². The Morgan fingerprint density at radius 3 is 1.75 bits per heavy atom. The minimum Gasteiger partial charge on any atom is -0.497 e. The molecule has 89 heavy (non-hydrogen) atoms. The first-order chi connectivity index (χ1) is 43.0. The fourth-order valence-electron chi connectivity index (χ4n) is 9.55. The molecule has 6 aromatic rings. The second-order valence-corrected chi connectivity index (χ2v) is 23.7. The number of anilines is 2. The Balaban J connectivity index is 0.000000213. The number of ether oxygens (including phenoxy) is 8. The number of carbonyl (C=O) groups excluding carboxylic acids is 2. The Labute approximate surface area is 518 Å². The molecule has 0 saturated carbocycles. The molecule has 4 saturated heterocycles. The SMILES string of the molecule is COc1ccc(C(=O)Nc2ccn([C@@H]3O[C@H](CO)[C@@H](OP(=O)(OCCC#N)Oc4ccccc4Cl)[C@H]3OC3CCCO3)c(=O)n2)cc1.COc1ccc(C(=O)Nc2ccn([C@@H]3O[C@H](CO)[C@](O)([PH](=O)Oc4ccccc4Cl)[C@H]3OC3CCCO3)c(=O)n2)cc1. The molecule has 0 bridgehead atoms. The van der Waals surface area contributed by atoms with Gasteiger partial charge in [0.25, 0.3) is 19.8 Å². The number of nitrogens with zero attached hydrogens (tertiary/aromatic N) is 5. The average Bonchev–Trinajstić information content (AvgIpc) is 1.74. The van der Waals surface area contributed by atoms with Gasteiger partial charge in [0.05, 0.1) is 56.6 Å². The van der Waals surface area contributed by atoms with Crippen LogP contribution in [0.25, 0.3) is 0 Å². The summed E-state index contributed by atoms with van der Waals surface area (Å²) >= 11 is 12.4. The molecular formula is C57H61Cl2N7O21P2. The van der Waals surface area contributed by atoms with Crippen molar-refractivity contribution in [2.24, 2.45) is 0 Å². The highest BCUT2D eigenvalue weighted by Gasteiger charge is 2.63. The molecule has 32 heteroatoms. The molecule has 474 valence electrons. The summed E-state index contributed by atoms with van der Waals surface area (Å²) in [5, 5.41) is 44.3. The van der Waals surface area contributed by atoms with Crippen molar-refractivity contribution < 1.29 is 90.0 Å². The quantitative estimate of drug-likeness (QED) is 0.0304. The number of aliphatic hydroxyl groups is 3. The molecule has 4 fully saturated rings. The van der Waals surface area contributed by atoms with Crippen molar-refractivity contribution in [2.75, 3.05) is 57.9 Å². The number of phosphoric ester groups is 1. The number of nitriles is 1. The predicted octanol–water partition coefficient (Wildman–Crippen LogP) is 6.88. The highest BCUT2D eigenvalue weighted by Crippen LogP contribution is 2.56. The minimum absolute atomic E-state index is 0.0187. The van der Waals surface area contributed by atoms with Gasteiger partial charge >= 0.3 is 19.2 Å². The van der Waals surface area contributed by atoms with Gasteiger partial charge in [-0.1, -0.05) is 47.5 Å². The van der Waals surface area contributed by atoms with Crippen LogP contribution in [0.5, 0.6) is 23.0 Å². The van der Waals surface area contributed by atoms with Crippen LogP contribution < -0.4 is 40.5 Å². The molecule has 0 radical (unpaired) electrons. The Morgan fingerprint density at radius 2 is 1.27 bits per heavy atom. The molecule has 28 nitrogen and oxygen atoms in total. The highest BCUT2D eigenvalue weighted by molar-refractivity contribution is 7.49. The van der Waals surface area contributed by atoms with E-state index < -0.39 is 113 Å². The van der Waals surface area contributed by atoms with Crippen LogP contribution in [0.3, 0.4) is 0 Å². The molecule has 4 unspecified atom stereocenters. The summed E-state index contributed by atoms with van der Waals surface area (Å²) in [7, 11) is -5.11. The first-order valence-electron chi connectivity index (χ1n) is 27.6. The van der Waals surface area contributed by atoms with Gasteiger partial charge in [0.1, 0.15) is 65.2 Å². The summed E-state index contributed by atoms with van der Waals surface area (Å²) in [5.41, 5.74) is -1.08.